The van der Waals surface area contributed by atoms with Gasteiger partial charge in [0, 0.05) is 11.6 Å². The van der Waals surface area contributed by atoms with Crippen molar-refractivity contribution in [2.24, 2.45) is 5.73 Å². The van der Waals surface area contributed by atoms with Crippen LogP contribution in [0.3, 0.4) is 0 Å². The Balaban J connectivity index is 1.70. The van der Waals surface area contributed by atoms with E-state index < -0.39 is 24.3 Å². The number of methoxy groups -OCH3 is 1. The zero-order valence-corrected chi connectivity index (χ0v) is 16.8. The van der Waals surface area contributed by atoms with Gasteiger partial charge in [-0.05, 0) is 31.0 Å². The summed E-state index contributed by atoms with van der Waals surface area (Å²) in [5, 5.41) is 5.22. The fourth-order valence-corrected chi connectivity index (χ4v) is 3.90. The lowest BCUT2D eigenvalue weighted by Gasteiger charge is -2.31. The number of primary amides is 1. The molecule has 0 unspecified atom stereocenters. The number of ether oxygens (including phenoxy) is 1. The second-order valence-corrected chi connectivity index (χ2v) is 7.56. The molecule has 164 valence electrons. The molecular formula is C20H22F2N6O3. The third-order valence-electron chi connectivity index (χ3n) is 5.49. The molecule has 0 radical (unpaired) electrons. The zero-order chi connectivity index (χ0) is 22.2. The van der Waals surface area contributed by atoms with Gasteiger partial charge in [0.2, 0.25) is 11.9 Å². The minimum Gasteiger partial charge on any atom is -0.495 e. The highest BCUT2D eigenvalue weighted by Crippen LogP contribution is 2.38. The zero-order valence-electron chi connectivity index (χ0n) is 16.8. The molecule has 11 heteroatoms. The number of alkyl halides is 2. The molecule has 0 saturated heterocycles. The molecule has 31 heavy (non-hydrogen) atoms. The van der Waals surface area contributed by atoms with Crippen molar-refractivity contribution in [1.29, 1.82) is 0 Å². The molecule has 1 aliphatic carbocycles. The Morgan fingerprint density at radius 1 is 1.35 bits per heavy atom. The summed E-state index contributed by atoms with van der Waals surface area (Å²) in [6.07, 6.45) is 4.67. The monoisotopic (exact) mass is 432 g/mol. The molecule has 0 spiro atoms. The van der Waals surface area contributed by atoms with Crippen LogP contribution in [0.1, 0.15) is 36.0 Å². The second kappa shape index (κ2) is 7.97. The maximum atomic E-state index is 14.4. The van der Waals surface area contributed by atoms with E-state index in [0.29, 0.717) is 11.4 Å². The molecule has 0 atom stereocenters. The maximum Gasteiger partial charge on any atom is 0.341 e. The predicted octanol–water partition coefficient (Wildman–Crippen LogP) is 2.66. The minimum absolute atomic E-state index is 0.131. The molecule has 2 aliphatic rings. The van der Waals surface area contributed by atoms with E-state index in [9.17, 15) is 18.4 Å². The van der Waals surface area contributed by atoms with Crippen molar-refractivity contribution in [2.45, 2.75) is 37.6 Å². The fourth-order valence-electron chi connectivity index (χ4n) is 3.90. The molecule has 1 aromatic heterocycles. The van der Waals surface area contributed by atoms with E-state index in [1.165, 1.54) is 30.3 Å². The molecule has 4 N–H and O–H groups in total. The summed E-state index contributed by atoms with van der Waals surface area (Å²) in [4.78, 5) is 33.5. The number of anilines is 4. The van der Waals surface area contributed by atoms with E-state index in [2.05, 4.69) is 20.6 Å². The first-order valence-corrected chi connectivity index (χ1v) is 9.86. The molecule has 1 aliphatic heterocycles. The van der Waals surface area contributed by atoms with E-state index in [1.54, 1.807) is 6.07 Å². The Morgan fingerprint density at radius 3 is 2.77 bits per heavy atom. The number of nitrogens with zero attached hydrogens (tertiary/aromatic N) is 3. The van der Waals surface area contributed by atoms with Gasteiger partial charge >= 0.3 is 5.92 Å². The SMILES string of the molecule is COc1cc(C(N)=O)ccc1Nc1ncc2c(n1)N(C1CCCC1)CC(F)(F)C(=O)N2. The number of hydrogen-bond donors (Lipinski definition) is 3. The first kappa shape index (κ1) is 20.8. The Bertz CT molecular complexity index is 1030. The number of aromatic nitrogens is 2. The predicted molar refractivity (Wildman–Crippen MR) is 110 cm³/mol. The van der Waals surface area contributed by atoms with Crippen LogP contribution in [-0.2, 0) is 4.79 Å². The Hall–Kier alpha value is -3.50. The van der Waals surface area contributed by atoms with Gasteiger partial charge in [-0.25, -0.2) is 4.98 Å². The van der Waals surface area contributed by atoms with Crippen molar-refractivity contribution in [2.75, 3.05) is 29.2 Å². The first-order valence-electron chi connectivity index (χ1n) is 9.86. The molecule has 2 aromatic rings. The van der Waals surface area contributed by atoms with Crippen molar-refractivity contribution in [3.8, 4) is 5.75 Å². The number of nitrogens with two attached hydrogens (primary N) is 1. The molecule has 2 amide bonds. The van der Waals surface area contributed by atoms with Crippen molar-refractivity contribution >= 4 is 35.0 Å². The third-order valence-corrected chi connectivity index (χ3v) is 5.49. The highest BCUT2D eigenvalue weighted by atomic mass is 19.3. The van der Waals surface area contributed by atoms with E-state index in [0.717, 1.165) is 25.7 Å². The molecule has 9 nitrogen and oxygen atoms in total. The first-order chi connectivity index (χ1) is 14.8. The van der Waals surface area contributed by atoms with Crippen LogP contribution in [0.15, 0.2) is 24.4 Å². The van der Waals surface area contributed by atoms with Crippen LogP contribution in [0.25, 0.3) is 0 Å². The summed E-state index contributed by atoms with van der Waals surface area (Å²) in [6, 6.07) is 4.44. The highest BCUT2D eigenvalue weighted by molar-refractivity contribution is 6.00. The van der Waals surface area contributed by atoms with Crippen LogP contribution < -0.4 is 26.0 Å². The topological polar surface area (TPSA) is 122 Å². The van der Waals surface area contributed by atoms with E-state index in [-0.39, 0.29) is 29.1 Å². The lowest BCUT2D eigenvalue weighted by molar-refractivity contribution is -0.138. The lowest BCUT2D eigenvalue weighted by Crippen LogP contribution is -2.46. The Labute approximate surface area is 177 Å². The number of carbonyl (C=O) groups excluding carboxylic acids is 2. The standard InChI is InChI=1S/C20H22F2N6O3/c1-31-15-8-11(16(23)29)6-7-13(15)26-19-24-9-14-17(27-19)28(12-4-2-3-5-12)10-20(21,22)18(30)25-14/h6-9,12H,2-5,10H2,1H3,(H2,23,29)(H,25,30)(H,24,26,27). The van der Waals surface area contributed by atoms with Crippen molar-refractivity contribution in [1.82, 2.24) is 9.97 Å². The minimum atomic E-state index is -3.55. The van der Waals surface area contributed by atoms with E-state index in [4.69, 9.17) is 10.5 Å². The number of fused-ring (bicyclic) bond motifs is 1. The molecule has 2 heterocycles. The number of hydrogen-bond acceptors (Lipinski definition) is 7. The van der Waals surface area contributed by atoms with Crippen LogP contribution in [0.4, 0.5) is 31.9 Å². The summed E-state index contributed by atoms with van der Waals surface area (Å²) in [6.45, 7) is -0.746. The van der Waals surface area contributed by atoms with Gasteiger partial charge in [0.25, 0.3) is 5.91 Å². The van der Waals surface area contributed by atoms with Gasteiger partial charge in [-0.1, -0.05) is 12.8 Å². The third kappa shape index (κ3) is 4.07. The summed E-state index contributed by atoms with van der Waals surface area (Å²) in [5.41, 5.74) is 6.16. The van der Waals surface area contributed by atoms with Crippen molar-refractivity contribution < 1.29 is 23.1 Å². The van der Waals surface area contributed by atoms with Gasteiger partial charge in [0.05, 0.1) is 25.5 Å². The number of benzene rings is 1. The average molecular weight is 432 g/mol. The Morgan fingerprint density at radius 2 is 2.10 bits per heavy atom. The van der Waals surface area contributed by atoms with Crippen molar-refractivity contribution in [3.63, 3.8) is 0 Å². The van der Waals surface area contributed by atoms with Gasteiger partial charge in [-0.3, -0.25) is 9.59 Å². The molecule has 1 fully saturated rings. The summed E-state index contributed by atoms with van der Waals surface area (Å²) >= 11 is 0. The number of carbonyl (C=O) groups is 2. The van der Waals surface area contributed by atoms with Gasteiger partial charge in [-0.15, -0.1) is 0 Å². The molecule has 0 bridgehead atoms. The number of amides is 2. The smallest absolute Gasteiger partial charge is 0.341 e. The van der Waals surface area contributed by atoms with Gasteiger partial charge in [0.15, 0.2) is 5.82 Å². The number of nitrogens with one attached hydrogen (secondary N) is 2. The number of rotatable bonds is 5. The summed E-state index contributed by atoms with van der Waals surface area (Å²) < 4.78 is 34.1. The molecule has 1 aromatic carbocycles. The second-order valence-electron chi connectivity index (χ2n) is 7.56. The fraction of sp³-hybridized carbons (Fsp3) is 0.400. The molecular weight excluding hydrogens is 410 g/mol. The average Bonchev–Trinajstić information content (AvgIpc) is 3.25. The lowest BCUT2D eigenvalue weighted by atomic mass is 10.2. The van der Waals surface area contributed by atoms with Crippen molar-refractivity contribution in [3.05, 3.63) is 30.0 Å². The van der Waals surface area contributed by atoms with Crippen LogP contribution in [0, 0.1) is 0 Å². The van der Waals surface area contributed by atoms with Gasteiger partial charge in [0.1, 0.15) is 11.4 Å². The molecule has 4 rings (SSSR count). The summed E-state index contributed by atoms with van der Waals surface area (Å²) in [5.74, 6) is -4.82. The molecule has 1 saturated carbocycles. The number of halogens is 2. The van der Waals surface area contributed by atoms with Crippen LogP contribution >= 0.6 is 0 Å². The largest absolute Gasteiger partial charge is 0.495 e. The highest BCUT2D eigenvalue weighted by Gasteiger charge is 2.46. The van der Waals surface area contributed by atoms with Crippen LogP contribution in [-0.4, -0.2) is 47.4 Å². The quantitative estimate of drug-likeness (QED) is 0.664. The van der Waals surface area contributed by atoms with Gasteiger partial charge < -0.3 is 26.0 Å². The van der Waals surface area contributed by atoms with Crippen LogP contribution in [0.5, 0.6) is 5.75 Å². The van der Waals surface area contributed by atoms with Gasteiger partial charge in [-0.2, -0.15) is 13.8 Å². The Kier molecular flexibility index (Phi) is 5.34. The van der Waals surface area contributed by atoms with E-state index in [1.807, 2.05) is 0 Å². The summed E-state index contributed by atoms with van der Waals surface area (Å²) in [7, 11) is 1.43. The van der Waals surface area contributed by atoms with E-state index >= 15 is 0 Å². The maximum absolute atomic E-state index is 14.4. The van der Waals surface area contributed by atoms with Crippen LogP contribution in [0.2, 0.25) is 0 Å². The normalized spacial score (nSPS) is 18.2.